The van der Waals surface area contributed by atoms with Gasteiger partial charge in [0, 0.05) is 0 Å². The molecule has 0 atom stereocenters. The normalized spacial score (nSPS) is 10.4. The topological polar surface area (TPSA) is 79.0 Å². The first-order valence-electron chi connectivity index (χ1n) is 7.55. The Labute approximate surface area is 143 Å². The second-order valence-electron chi connectivity index (χ2n) is 5.04. The number of urea groups is 1. The number of amides is 2. The Bertz CT molecular complexity index is 827. The molecule has 0 aliphatic heterocycles. The molecule has 6 nitrogen and oxygen atoms in total. The summed E-state index contributed by atoms with van der Waals surface area (Å²) in [4.78, 5) is 13.4. The minimum absolute atomic E-state index is 0.339. The van der Waals surface area contributed by atoms with Crippen molar-refractivity contribution in [2.45, 2.75) is 13.3 Å². The number of thiophene rings is 1. The molecule has 0 aliphatic carbocycles. The first-order valence-corrected chi connectivity index (χ1v) is 8.43. The van der Waals surface area contributed by atoms with Gasteiger partial charge in [0.25, 0.3) is 0 Å². The summed E-state index contributed by atoms with van der Waals surface area (Å²) in [7, 11) is 1.57. The fourth-order valence-electron chi connectivity index (χ4n) is 2.38. The Morgan fingerprint density at radius 2 is 2.08 bits per heavy atom. The van der Waals surface area contributed by atoms with E-state index in [1.807, 2.05) is 36.6 Å². The third-order valence-corrected chi connectivity index (χ3v) is 4.42. The summed E-state index contributed by atoms with van der Waals surface area (Å²) in [6, 6.07) is 10.9. The summed E-state index contributed by atoms with van der Waals surface area (Å²) in [6.45, 7) is 2.01. The molecule has 0 bridgehead atoms. The minimum Gasteiger partial charge on any atom is -0.495 e. The first-order chi connectivity index (χ1) is 11.7. The second-order valence-corrected chi connectivity index (χ2v) is 5.98. The molecule has 3 rings (SSSR count). The van der Waals surface area contributed by atoms with Crippen LogP contribution in [-0.2, 0) is 6.42 Å². The zero-order valence-corrected chi connectivity index (χ0v) is 14.2. The zero-order chi connectivity index (χ0) is 16.9. The number of anilines is 2. The number of benzene rings is 1. The van der Waals surface area contributed by atoms with Crippen LogP contribution in [0.15, 0.2) is 41.8 Å². The van der Waals surface area contributed by atoms with E-state index in [9.17, 15) is 4.79 Å². The highest BCUT2D eigenvalue weighted by atomic mass is 32.1. The molecule has 7 heteroatoms. The Morgan fingerprint density at radius 3 is 2.79 bits per heavy atom. The number of methoxy groups -OCH3 is 1. The molecule has 0 saturated carbocycles. The van der Waals surface area contributed by atoms with Gasteiger partial charge in [0.15, 0.2) is 0 Å². The number of aromatic amines is 1. The molecule has 0 radical (unpaired) electrons. The van der Waals surface area contributed by atoms with E-state index in [1.165, 1.54) is 0 Å². The average Bonchev–Trinajstić information content (AvgIpc) is 3.24. The van der Waals surface area contributed by atoms with Gasteiger partial charge in [-0.05, 0) is 30.0 Å². The summed E-state index contributed by atoms with van der Waals surface area (Å²) >= 11 is 1.58. The van der Waals surface area contributed by atoms with Crippen LogP contribution in [-0.4, -0.2) is 23.3 Å². The van der Waals surface area contributed by atoms with Crippen LogP contribution in [0.5, 0.6) is 5.75 Å². The number of aryl methyl sites for hydroxylation is 1. The van der Waals surface area contributed by atoms with Crippen molar-refractivity contribution in [1.29, 1.82) is 0 Å². The molecule has 2 heterocycles. The van der Waals surface area contributed by atoms with Crippen molar-refractivity contribution < 1.29 is 9.53 Å². The highest BCUT2D eigenvalue weighted by Crippen LogP contribution is 2.32. The zero-order valence-electron chi connectivity index (χ0n) is 13.4. The van der Waals surface area contributed by atoms with Crippen LogP contribution in [0.4, 0.5) is 16.2 Å². The predicted octanol–water partition coefficient (Wildman–Crippen LogP) is 4.35. The molecule has 3 N–H and O–H groups in total. The number of nitrogens with one attached hydrogen (secondary N) is 3. The van der Waals surface area contributed by atoms with Gasteiger partial charge in [-0.1, -0.05) is 25.1 Å². The quantitative estimate of drug-likeness (QED) is 0.645. The molecular formula is C17H18N4O2S. The largest absolute Gasteiger partial charge is 0.495 e. The van der Waals surface area contributed by atoms with Gasteiger partial charge in [0.2, 0.25) is 0 Å². The molecular weight excluding hydrogens is 324 g/mol. The summed E-state index contributed by atoms with van der Waals surface area (Å²) in [6.07, 6.45) is 0.739. The Hall–Kier alpha value is -2.80. The fraction of sp³-hybridized carbons (Fsp3) is 0.176. The predicted molar refractivity (Wildman–Crippen MR) is 96.9 cm³/mol. The van der Waals surface area contributed by atoms with Crippen LogP contribution < -0.4 is 15.4 Å². The lowest BCUT2D eigenvalue weighted by atomic mass is 10.2. The number of nitrogens with zero attached hydrogens (tertiary/aromatic N) is 1. The van der Waals surface area contributed by atoms with Gasteiger partial charge in [-0.15, -0.1) is 11.3 Å². The smallest absolute Gasteiger partial charge is 0.323 e. The standard InChI is InChI=1S/C17H18N4O2S/c1-3-11-15(16(21-20-11)14-9-6-10-24-14)19-17(22)18-12-7-4-5-8-13(12)23-2/h4-10H,3H2,1-2H3,(H,20,21)(H2,18,19,22). The van der Waals surface area contributed by atoms with E-state index in [2.05, 4.69) is 20.8 Å². The number of carbonyl (C=O) groups is 1. The van der Waals surface area contributed by atoms with Crippen LogP contribution in [0.3, 0.4) is 0 Å². The minimum atomic E-state index is -0.339. The number of carbonyl (C=O) groups excluding carboxylic acids is 1. The monoisotopic (exact) mass is 342 g/mol. The van der Waals surface area contributed by atoms with Gasteiger partial charge in [-0.3, -0.25) is 5.10 Å². The molecule has 1 aromatic carbocycles. The number of ether oxygens (including phenoxy) is 1. The number of aromatic nitrogens is 2. The molecule has 0 aliphatic rings. The molecule has 0 saturated heterocycles. The molecule has 0 unspecified atom stereocenters. The number of rotatable bonds is 5. The molecule has 24 heavy (non-hydrogen) atoms. The van der Waals surface area contributed by atoms with Gasteiger partial charge in [-0.25, -0.2) is 4.79 Å². The van der Waals surface area contributed by atoms with Crippen molar-refractivity contribution in [2.75, 3.05) is 17.7 Å². The van der Waals surface area contributed by atoms with Crippen LogP contribution in [0.1, 0.15) is 12.6 Å². The maximum atomic E-state index is 12.4. The molecule has 0 fully saturated rings. The molecule has 2 amide bonds. The van der Waals surface area contributed by atoms with Gasteiger partial charge in [-0.2, -0.15) is 5.10 Å². The Kier molecular flexibility index (Phi) is 4.81. The van der Waals surface area contributed by atoms with Gasteiger partial charge in [0.1, 0.15) is 11.4 Å². The lowest BCUT2D eigenvalue weighted by Crippen LogP contribution is -2.20. The maximum Gasteiger partial charge on any atom is 0.323 e. The van der Waals surface area contributed by atoms with E-state index in [0.29, 0.717) is 17.1 Å². The van der Waals surface area contributed by atoms with Gasteiger partial charge in [0.05, 0.1) is 29.1 Å². The van der Waals surface area contributed by atoms with Crippen molar-refractivity contribution in [3.05, 3.63) is 47.5 Å². The van der Waals surface area contributed by atoms with Crippen molar-refractivity contribution in [1.82, 2.24) is 10.2 Å². The lowest BCUT2D eigenvalue weighted by Gasteiger charge is -2.11. The SMILES string of the molecule is CCc1[nH]nc(-c2cccs2)c1NC(=O)Nc1ccccc1OC. The fourth-order valence-corrected chi connectivity index (χ4v) is 3.10. The van der Waals surface area contributed by atoms with Crippen molar-refractivity contribution >= 4 is 28.7 Å². The third-order valence-electron chi connectivity index (χ3n) is 3.54. The van der Waals surface area contributed by atoms with Crippen LogP contribution in [0.2, 0.25) is 0 Å². The number of hydrogen-bond acceptors (Lipinski definition) is 4. The van der Waals surface area contributed by atoms with E-state index in [1.54, 1.807) is 30.6 Å². The highest BCUT2D eigenvalue weighted by Gasteiger charge is 2.17. The van der Waals surface area contributed by atoms with Crippen LogP contribution >= 0.6 is 11.3 Å². The number of H-pyrrole nitrogens is 1. The summed E-state index contributed by atoms with van der Waals surface area (Å²) in [5.41, 5.74) is 2.94. The van der Waals surface area contributed by atoms with Crippen molar-refractivity contribution in [3.63, 3.8) is 0 Å². The van der Waals surface area contributed by atoms with E-state index in [4.69, 9.17) is 4.74 Å². The Balaban J connectivity index is 1.83. The number of hydrogen-bond donors (Lipinski definition) is 3. The summed E-state index contributed by atoms with van der Waals surface area (Å²) in [5.74, 6) is 0.606. The average molecular weight is 342 g/mol. The van der Waals surface area contributed by atoms with E-state index < -0.39 is 0 Å². The Morgan fingerprint density at radius 1 is 1.25 bits per heavy atom. The van der Waals surface area contributed by atoms with E-state index in [0.717, 1.165) is 22.7 Å². The second kappa shape index (κ2) is 7.18. The summed E-state index contributed by atoms with van der Waals surface area (Å²) in [5, 5.41) is 15.0. The van der Waals surface area contributed by atoms with E-state index in [-0.39, 0.29) is 6.03 Å². The highest BCUT2D eigenvalue weighted by molar-refractivity contribution is 7.13. The van der Waals surface area contributed by atoms with Crippen molar-refractivity contribution in [3.8, 4) is 16.3 Å². The molecule has 0 spiro atoms. The van der Waals surface area contributed by atoms with E-state index >= 15 is 0 Å². The van der Waals surface area contributed by atoms with Crippen molar-refractivity contribution in [2.24, 2.45) is 0 Å². The third kappa shape index (κ3) is 3.26. The molecule has 2 aromatic heterocycles. The first kappa shape index (κ1) is 16.1. The van der Waals surface area contributed by atoms with Gasteiger partial charge >= 0.3 is 6.03 Å². The van der Waals surface area contributed by atoms with Crippen LogP contribution in [0.25, 0.3) is 10.6 Å². The van der Waals surface area contributed by atoms with Gasteiger partial charge < -0.3 is 15.4 Å². The summed E-state index contributed by atoms with van der Waals surface area (Å²) < 4.78 is 5.25. The lowest BCUT2D eigenvalue weighted by molar-refractivity contribution is 0.262. The molecule has 3 aromatic rings. The number of para-hydroxylation sites is 2. The van der Waals surface area contributed by atoms with Crippen LogP contribution in [0, 0.1) is 0 Å². The molecule has 124 valence electrons. The maximum absolute atomic E-state index is 12.4.